The Morgan fingerprint density at radius 1 is 0.303 bits per heavy atom. The topological polar surface area (TPSA) is 111 Å². The number of unbranched alkanes of at least 4 members (excludes halogenated alkanes) is 30. The first-order valence-corrected chi connectivity index (χ1v) is 40.3. The quantitative estimate of drug-likeness (QED) is 0.0195. The first-order valence-electron chi connectivity index (χ1n) is 40.3. The molecule has 0 aromatic carbocycles. The Morgan fingerprint density at radius 2 is 0.545 bits per heavy atom. The van der Waals surface area contributed by atoms with Gasteiger partial charge in [-0.25, -0.2) is 0 Å². The summed E-state index contributed by atoms with van der Waals surface area (Å²) in [6, 6.07) is 0. The molecule has 0 amide bonds. The van der Waals surface area contributed by atoms with Crippen molar-refractivity contribution in [2.75, 3.05) is 47.5 Å². The number of hydrogen-bond acceptors (Lipinski definition) is 8. The number of rotatable bonds is 73. The summed E-state index contributed by atoms with van der Waals surface area (Å²) >= 11 is 0. The van der Waals surface area contributed by atoms with Gasteiger partial charge in [0.15, 0.2) is 12.4 Å². The van der Waals surface area contributed by atoms with Crippen molar-refractivity contribution in [3.63, 3.8) is 0 Å². The summed E-state index contributed by atoms with van der Waals surface area (Å²) in [7, 11) is 5.93. The Balaban J connectivity index is 4.06. The van der Waals surface area contributed by atoms with Crippen LogP contribution in [0.4, 0.5) is 0 Å². The third-order valence-corrected chi connectivity index (χ3v) is 17.0. The van der Waals surface area contributed by atoms with Gasteiger partial charge in [0.2, 0.25) is 0 Å². The molecule has 0 radical (unpaired) electrons. The molecule has 0 aliphatic heterocycles. The van der Waals surface area contributed by atoms with Crippen molar-refractivity contribution in [1.29, 1.82) is 0 Å². The van der Waals surface area contributed by atoms with Crippen LogP contribution in [0, 0.1) is 0 Å². The summed E-state index contributed by atoms with van der Waals surface area (Å²) in [6.07, 6.45) is 115. The second-order valence-corrected chi connectivity index (χ2v) is 27.6. The van der Waals surface area contributed by atoms with Crippen LogP contribution >= 0.6 is 0 Å². The van der Waals surface area contributed by atoms with Gasteiger partial charge in [0, 0.05) is 12.8 Å². The predicted molar refractivity (Wildman–Crippen MR) is 425 cm³/mol. The van der Waals surface area contributed by atoms with E-state index in [1.807, 2.05) is 21.1 Å². The molecule has 0 fully saturated rings. The summed E-state index contributed by atoms with van der Waals surface area (Å²) in [5, 5.41) is 11.9. The van der Waals surface area contributed by atoms with Crippen LogP contribution in [0.1, 0.15) is 322 Å². The lowest BCUT2D eigenvalue weighted by atomic mass is 10.0. The smallest absolute Gasteiger partial charge is 0.306 e. The molecule has 0 aliphatic rings. The lowest BCUT2D eigenvalue weighted by molar-refractivity contribution is -0.870. The van der Waals surface area contributed by atoms with Gasteiger partial charge in [0.25, 0.3) is 0 Å². The monoisotopic (exact) mass is 1370 g/mol. The summed E-state index contributed by atoms with van der Waals surface area (Å²) in [6.45, 7) is 4.53. The number of esters is 2. The minimum atomic E-state index is -1.63. The van der Waals surface area contributed by atoms with E-state index in [0.717, 1.165) is 128 Å². The van der Waals surface area contributed by atoms with Gasteiger partial charge in [0.05, 0.1) is 40.3 Å². The molecular formula is C90H149NO8. The van der Waals surface area contributed by atoms with Gasteiger partial charge in [-0.2, -0.15) is 0 Å². The number of hydrogen-bond donors (Lipinski definition) is 0. The number of likely N-dealkylation sites (N-methyl/N-ethyl adjacent to an activating group) is 1. The van der Waals surface area contributed by atoms with Crippen LogP contribution in [-0.2, 0) is 33.3 Å². The number of carboxylic acid groups (broad SMARTS) is 1. The third kappa shape index (κ3) is 79.8. The summed E-state index contributed by atoms with van der Waals surface area (Å²) in [4.78, 5) is 37.6. The fraction of sp³-hybridized carbons (Fsp3) is 0.656. The van der Waals surface area contributed by atoms with E-state index in [0.29, 0.717) is 17.4 Å². The second kappa shape index (κ2) is 78.4. The molecule has 0 saturated heterocycles. The van der Waals surface area contributed by atoms with Crippen molar-refractivity contribution in [3.05, 3.63) is 170 Å². The van der Waals surface area contributed by atoms with E-state index >= 15 is 0 Å². The molecule has 0 spiro atoms. The number of nitrogens with zero attached hydrogens (tertiary/aromatic N) is 1. The Bertz CT molecular complexity index is 2240. The molecule has 562 valence electrons. The Morgan fingerprint density at radius 3 is 0.808 bits per heavy atom. The largest absolute Gasteiger partial charge is 0.545 e. The SMILES string of the molecule is CC/C=C\C/C=C\C/C=C\C/C=C\C/C=C\C/C=C\C/C=C\CCCCCCCCCCCCCCCCCCCC(=O)OC(COC(=O)CCCCCCCCCCCCCCC/C=C\C/C=C\C/C=C\C/C=C\C/C=C\C/C=C\C/C=C\CC)COC(OCC[N+](C)(C)C)C(=O)[O-]. The second-order valence-electron chi connectivity index (χ2n) is 27.6. The average molecular weight is 1370 g/mol. The van der Waals surface area contributed by atoms with E-state index in [1.54, 1.807) is 0 Å². The zero-order valence-electron chi connectivity index (χ0n) is 64.3. The molecule has 99 heavy (non-hydrogen) atoms. The molecule has 0 bridgehead atoms. The molecule has 0 saturated carbocycles. The zero-order chi connectivity index (χ0) is 71.8. The van der Waals surface area contributed by atoms with Crippen LogP contribution < -0.4 is 5.11 Å². The molecule has 0 aliphatic carbocycles. The number of ether oxygens (including phenoxy) is 4. The summed E-state index contributed by atoms with van der Waals surface area (Å²) in [5.41, 5.74) is 0. The molecule has 9 heteroatoms. The minimum Gasteiger partial charge on any atom is -0.545 e. The molecule has 2 unspecified atom stereocenters. The maximum atomic E-state index is 13.0. The Labute approximate surface area is 609 Å². The molecular weight excluding hydrogens is 1220 g/mol. The maximum absolute atomic E-state index is 13.0. The third-order valence-electron chi connectivity index (χ3n) is 17.0. The maximum Gasteiger partial charge on any atom is 0.306 e. The molecule has 9 nitrogen and oxygen atoms in total. The number of carbonyl (C=O) groups excluding carboxylic acids is 3. The van der Waals surface area contributed by atoms with E-state index in [2.05, 4.69) is 184 Å². The van der Waals surface area contributed by atoms with E-state index in [4.69, 9.17) is 18.9 Å². The summed E-state index contributed by atoms with van der Waals surface area (Å²) in [5.74, 6) is -2.28. The number of carbonyl (C=O) groups is 3. The Kier molecular flexibility index (Phi) is 74.1. The van der Waals surface area contributed by atoms with Gasteiger partial charge >= 0.3 is 11.9 Å². The van der Waals surface area contributed by atoms with Gasteiger partial charge in [-0.1, -0.05) is 351 Å². The summed E-state index contributed by atoms with van der Waals surface area (Å²) < 4.78 is 22.9. The van der Waals surface area contributed by atoms with Gasteiger partial charge < -0.3 is 33.3 Å². The molecule has 0 aromatic rings. The highest BCUT2D eigenvalue weighted by Crippen LogP contribution is 2.18. The molecule has 2 atom stereocenters. The highest BCUT2D eigenvalue weighted by molar-refractivity contribution is 5.70. The fourth-order valence-corrected chi connectivity index (χ4v) is 10.9. The van der Waals surface area contributed by atoms with Crippen LogP contribution in [0.2, 0.25) is 0 Å². The molecule has 0 N–H and O–H groups in total. The first kappa shape index (κ1) is 93.6. The van der Waals surface area contributed by atoms with Crippen molar-refractivity contribution in [2.45, 2.75) is 334 Å². The highest BCUT2D eigenvalue weighted by Gasteiger charge is 2.22. The number of carboxylic acids is 1. The fourth-order valence-electron chi connectivity index (χ4n) is 10.9. The minimum absolute atomic E-state index is 0.142. The van der Waals surface area contributed by atoms with Crippen LogP contribution in [0.25, 0.3) is 0 Å². The van der Waals surface area contributed by atoms with Gasteiger partial charge in [0.1, 0.15) is 13.2 Å². The van der Waals surface area contributed by atoms with Crippen molar-refractivity contribution in [1.82, 2.24) is 0 Å². The van der Waals surface area contributed by atoms with E-state index in [9.17, 15) is 19.5 Å². The molecule has 0 rings (SSSR count). The van der Waals surface area contributed by atoms with E-state index < -0.39 is 24.3 Å². The number of quaternary nitrogens is 1. The van der Waals surface area contributed by atoms with Crippen LogP contribution in [0.3, 0.4) is 0 Å². The van der Waals surface area contributed by atoms with Crippen molar-refractivity contribution in [2.24, 2.45) is 0 Å². The van der Waals surface area contributed by atoms with Gasteiger partial charge in [-0.05, 0) is 128 Å². The normalized spacial score (nSPS) is 13.6. The van der Waals surface area contributed by atoms with Crippen LogP contribution in [0.15, 0.2) is 170 Å². The lowest BCUT2D eigenvalue weighted by Crippen LogP contribution is -2.44. The lowest BCUT2D eigenvalue weighted by Gasteiger charge is -2.26. The number of aliphatic carboxylic acids is 1. The van der Waals surface area contributed by atoms with Crippen LogP contribution in [0.5, 0.6) is 0 Å². The van der Waals surface area contributed by atoms with Gasteiger partial charge in [-0.15, -0.1) is 0 Å². The van der Waals surface area contributed by atoms with E-state index in [-0.39, 0.29) is 38.6 Å². The standard InChI is InChI=1S/C90H149NO8/c1-6-8-10-12-14-16-18-20-22-24-26-28-30-32-34-36-38-40-42-43-44-45-47-49-51-53-55-57-59-61-63-65-67-69-71-73-75-77-79-81-88(93)99-86(85-98-90(89(94)95)96-83-82-91(3,4)5)84-97-87(92)80-78-76-74-72-70-68-66-64-62-60-58-56-54-52-50-48-46-41-39-37-35-33-31-29-27-25-23-21-19-17-15-13-11-9-7-2/h8-11,14-17,20-23,26-29,32-35,38-41,43-44,48,50,86,90H,6-7,12-13,18-19,24-25,30-31,36-37,42,45-47,49,51-85H2,1-5H3/b10-8-,11-9-,16-14-,17-15-,22-20-,23-21-,28-26-,29-27-,34-32-,35-33-,40-38-,41-39-,44-43-,50-48-. The zero-order valence-corrected chi connectivity index (χ0v) is 64.3. The average Bonchev–Trinajstić information content (AvgIpc) is 1.14. The first-order chi connectivity index (χ1) is 48.6. The van der Waals surface area contributed by atoms with Crippen molar-refractivity contribution >= 4 is 17.9 Å². The Hall–Kier alpha value is -5.35. The predicted octanol–water partition coefficient (Wildman–Crippen LogP) is 24.8. The van der Waals surface area contributed by atoms with Crippen molar-refractivity contribution in [3.8, 4) is 0 Å². The van der Waals surface area contributed by atoms with Crippen LogP contribution in [-0.4, -0.2) is 82.3 Å². The molecule has 0 heterocycles. The molecule has 0 aromatic heterocycles. The van der Waals surface area contributed by atoms with E-state index in [1.165, 1.54) is 161 Å². The number of allylic oxidation sites excluding steroid dienone is 28. The van der Waals surface area contributed by atoms with Crippen molar-refractivity contribution < 1.29 is 42.9 Å². The van der Waals surface area contributed by atoms with Gasteiger partial charge in [-0.3, -0.25) is 9.59 Å². The highest BCUT2D eigenvalue weighted by atomic mass is 16.7.